The van der Waals surface area contributed by atoms with E-state index in [1.165, 1.54) is 148 Å². The Balaban J connectivity index is 4.33. The minimum Gasteiger partial charge on any atom is -0.462 e. The van der Waals surface area contributed by atoms with Gasteiger partial charge in [-0.3, -0.25) is 14.4 Å². The molecule has 0 saturated heterocycles. The Morgan fingerprint density at radius 1 is 0.328 bits per heavy atom. The lowest BCUT2D eigenvalue weighted by atomic mass is 10.1. The summed E-state index contributed by atoms with van der Waals surface area (Å²) in [6, 6.07) is 0. The summed E-state index contributed by atoms with van der Waals surface area (Å²) in [4.78, 5) is 37.9. The quantitative estimate of drug-likeness (QED) is 0.0199. The summed E-state index contributed by atoms with van der Waals surface area (Å²) >= 11 is 0. The number of ether oxygens (including phenoxy) is 3. The van der Waals surface area contributed by atoms with E-state index in [4.69, 9.17) is 14.2 Å². The minimum absolute atomic E-state index is 0.0800. The molecular formula is C55H98O6. The first-order valence-corrected chi connectivity index (χ1v) is 26.2. The Kier molecular flexibility index (Phi) is 47.9. The van der Waals surface area contributed by atoms with Gasteiger partial charge in [-0.2, -0.15) is 0 Å². The maximum atomic E-state index is 12.8. The molecule has 0 aliphatic rings. The zero-order valence-corrected chi connectivity index (χ0v) is 40.4. The van der Waals surface area contributed by atoms with E-state index in [2.05, 4.69) is 69.4 Å². The SMILES string of the molecule is CCCCC/C=C\C=C/CCCCCCCCCCCCC(=O)OCC(COC(=O)CCCCCCC/C=C\CCCCC)OC(=O)CCCCCCC/C=C\CCCCC. The van der Waals surface area contributed by atoms with Crippen molar-refractivity contribution < 1.29 is 28.6 Å². The van der Waals surface area contributed by atoms with Crippen LogP contribution in [0.25, 0.3) is 0 Å². The largest absolute Gasteiger partial charge is 0.462 e. The summed E-state index contributed by atoms with van der Waals surface area (Å²) in [5, 5.41) is 0. The molecule has 0 aromatic carbocycles. The average molecular weight is 855 g/mol. The number of carbonyl (C=O) groups excluding carboxylic acids is 3. The molecule has 354 valence electrons. The number of hydrogen-bond acceptors (Lipinski definition) is 6. The first kappa shape index (κ1) is 58.4. The van der Waals surface area contributed by atoms with Crippen molar-refractivity contribution in [1.82, 2.24) is 0 Å². The number of unbranched alkanes of at least 4 members (excludes halogenated alkanes) is 29. The Morgan fingerprint density at radius 3 is 0.918 bits per heavy atom. The highest BCUT2D eigenvalue weighted by atomic mass is 16.6. The van der Waals surface area contributed by atoms with E-state index < -0.39 is 6.10 Å². The third kappa shape index (κ3) is 48.3. The lowest BCUT2D eigenvalue weighted by molar-refractivity contribution is -0.167. The predicted molar refractivity (Wildman–Crippen MR) is 261 cm³/mol. The van der Waals surface area contributed by atoms with Crippen molar-refractivity contribution in [3.05, 3.63) is 48.6 Å². The van der Waals surface area contributed by atoms with Gasteiger partial charge >= 0.3 is 17.9 Å². The van der Waals surface area contributed by atoms with Crippen molar-refractivity contribution in [2.24, 2.45) is 0 Å². The molecule has 0 N–H and O–H groups in total. The summed E-state index contributed by atoms with van der Waals surface area (Å²) in [7, 11) is 0. The van der Waals surface area contributed by atoms with Crippen molar-refractivity contribution in [3.8, 4) is 0 Å². The van der Waals surface area contributed by atoms with Crippen LogP contribution in [0.1, 0.15) is 265 Å². The van der Waals surface area contributed by atoms with E-state index in [-0.39, 0.29) is 31.1 Å². The van der Waals surface area contributed by atoms with Gasteiger partial charge in [0.05, 0.1) is 0 Å². The molecule has 6 nitrogen and oxygen atoms in total. The Labute approximate surface area is 378 Å². The van der Waals surface area contributed by atoms with Crippen LogP contribution in [0.5, 0.6) is 0 Å². The van der Waals surface area contributed by atoms with Crippen molar-refractivity contribution in [3.63, 3.8) is 0 Å². The minimum atomic E-state index is -0.779. The van der Waals surface area contributed by atoms with Gasteiger partial charge in [-0.05, 0) is 96.3 Å². The fourth-order valence-corrected chi connectivity index (χ4v) is 7.30. The molecule has 0 saturated carbocycles. The molecule has 0 aromatic rings. The van der Waals surface area contributed by atoms with Crippen molar-refractivity contribution >= 4 is 17.9 Å². The molecule has 0 amide bonds. The van der Waals surface area contributed by atoms with Crippen LogP contribution < -0.4 is 0 Å². The van der Waals surface area contributed by atoms with Gasteiger partial charge in [-0.25, -0.2) is 0 Å². The Morgan fingerprint density at radius 2 is 0.590 bits per heavy atom. The topological polar surface area (TPSA) is 78.9 Å². The van der Waals surface area contributed by atoms with Crippen LogP contribution in [0.4, 0.5) is 0 Å². The van der Waals surface area contributed by atoms with Gasteiger partial charge in [0, 0.05) is 19.3 Å². The highest BCUT2D eigenvalue weighted by Crippen LogP contribution is 2.15. The number of esters is 3. The molecule has 1 atom stereocenters. The molecule has 0 aliphatic carbocycles. The summed E-state index contributed by atoms with van der Waals surface area (Å²) in [6.45, 7) is 6.55. The predicted octanol–water partition coefficient (Wildman–Crippen LogP) is 17.1. The van der Waals surface area contributed by atoms with E-state index in [1.807, 2.05) is 0 Å². The zero-order valence-electron chi connectivity index (χ0n) is 40.4. The number of rotatable bonds is 47. The first-order chi connectivity index (χ1) is 30.0. The van der Waals surface area contributed by atoms with Gasteiger partial charge in [0.1, 0.15) is 13.2 Å². The molecule has 6 heteroatoms. The second-order valence-electron chi connectivity index (χ2n) is 17.5. The summed E-state index contributed by atoms with van der Waals surface area (Å²) in [5.74, 6) is -0.896. The number of allylic oxidation sites excluding steroid dienone is 8. The van der Waals surface area contributed by atoms with E-state index in [9.17, 15) is 14.4 Å². The third-order valence-corrected chi connectivity index (χ3v) is 11.3. The van der Waals surface area contributed by atoms with Gasteiger partial charge in [-0.1, -0.05) is 198 Å². The Bertz CT molecular complexity index is 1070. The zero-order chi connectivity index (χ0) is 44.4. The van der Waals surface area contributed by atoms with Gasteiger partial charge < -0.3 is 14.2 Å². The fraction of sp³-hybridized carbons (Fsp3) is 0.800. The summed E-state index contributed by atoms with van der Waals surface area (Å²) < 4.78 is 16.8. The molecule has 0 rings (SSSR count). The molecule has 1 unspecified atom stereocenters. The normalized spacial score (nSPS) is 12.4. The van der Waals surface area contributed by atoms with Crippen LogP contribution in [0.3, 0.4) is 0 Å². The maximum absolute atomic E-state index is 12.8. The van der Waals surface area contributed by atoms with E-state index in [1.54, 1.807) is 0 Å². The van der Waals surface area contributed by atoms with E-state index in [0.29, 0.717) is 19.3 Å². The third-order valence-electron chi connectivity index (χ3n) is 11.3. The summed E-state index contributed by atoms with van der Waals surface area (Å²) in [5.41, 5.74) is 0. The molecule has 0 aromatic heterocycles. The second-order valence-corrected chi connectivity index (χ2v) is 17.5. The van der Waals surface area contributed by atoms with E-state index >= 15 is 0 Å². The van der Waals surface area contributed by atoms with Gasteiger partial charge in [0.15, 0.2) is 6.10 Å². The fourth-order valence-electron chi connectivity index (χ4n) is 7.30. The second kappa shape index (κ2) is 50.0. The van der Waals surface area contributed by atoms with Crippen molar-refractivity contribution in [2.75, 3.05) is 13.2 Å². The lowest BCUT2D eigenvalue weighted by Crippen LogP contribution is -2.30. The van der Waals surface area contributed by atoms with Crippen LogP contribution >= 0.6 is 0 Å². The van der Waals surface area contributed by atoms with Crippen LogP contribution in [0.2, 0.25) is 0 Å². The standard InChI is InChI=1S/C55H98O6/c1-4-7-10-13-16-19-22-25-26-27-28-29-30-31-34-36-39-42-45-48-54(57)60-51-52(61-55(58)49-46-43-40-37-33-24-21-18-15-12-9-6-3)50-59-53(56)47-44-41-38-35-32-23-20-17-14-11-8-5-2/h16-22,25,52H,4-15,23-24,26-51H2,1-3H3/b19-16-,20-17-,21-18-,25-22-. The van der Waals surface area contributed by atoms with Crippen LogP contribution in [-0.4, -0.2) is 37.2 Å². The highest BCUT2D eigenvalue weighted by Gasteiger charge is 2.19. The van der Waals surface area contributed by atoms with Crippen LogP contribution in [0.15, 0.2) is 48.6 Å². The first-order valence-electron chi connectivity index (χ1n) is 26.2. The molecule has 0 aliphatic heterocycles. The maximum Gasteiger partial charge on any atom is 0.306 e. The van der Waals surface area contributed by atoms with Crippen LogP contribution in [-0.2, 0) is 28.6 Å². The number of carbonyl (C=O) groups is 3. The van der Waals surface area contributed by atoms with Gasteiger partial charge in [0.2, 0.25) is 0 Å². The molecular weight excluding hydrogens is 757 g/mol. The molecule has 0 fully saturated rings. The molecule has 0 heterocycles. The molecule has 0 spiro atoms. The Hall–Kier alpha value is -2.63. The van der Waals surface area contributed by atoms with Crippen molar-refractivity contribution in [1.29, 1.82) is 0 Å². The molecule has 61 heavy (non-hydrogen) atoms. The smallest absolute Gasteiger partial charge is 0.306 e. The van der Waals surface area contributed by atoms with Gasteiger partial charge in [0.25, 0.3) is 0 Å². The monoisotopic (exact) mass is 855 g/mol. The van der Waals surface area contributed by atoms with Crippen molar-refractivity contribution in [2.45, 2.75) is 271 Å². The highest BCUT2D eigenvalue weighted by molar-refractivity contribution is 5.71. The number of hydrogen-bond donors (Lipinski definition) is 0. The lowest BCUT2D eigenvalue weighted by Gasteiger charge is -2.18. The van der Waals surface area contributed by atoms with Gasteiger partial charge in [-0.15, -0.1) is 0 Å². The molecule has 0 bridgehead atoms. The average Bonchev–Trinajstić information content (AvgIpc) is 3.26. The van der Waals surface area contributed by atoms with Crippen LogP contribution in [0, 0.1) is 0 Å². The van der Waals surface area contributed by atoms with E-state index in [0.717, 1.165) is 77.0 Å². The summed E-state index contributed by atoms with van der Waals surface area (Å²) in [6.07, 6.45) is 59.5. The molecule has 0 radical (unpaired) electrons.